The molecule has 0 aliphatic heterocycles. The van der Waals surface area contributed by atoms with Crippen LogP contribution < -0.4 is 10.5 Å². The van der Waals surface area contributed by atoms with Gasteiger partial charge in [0.1, 0.15) is 32.6 Å². The Balaban J connectivity index is 1.85. The van der Waals surface area contributed by atoms with E-state index in [1.165, 1.54) is 26.2 Å². The predicted molar refractivity (Wildman–Crippen MR) is 162 cm³/mol. The number of phenolic OH excluding ortho intramolecular Hbond substituents is 1. The summed E-state index contributed by atoms with van der Waals surface area (Å²) in [4.78, 5) is -3.31. The number of benzene rings is 4. The van der Waals surface area contributed by atoms with Crippen molar-refractivity contribution in [3.8, 4) is 11.5 Å². The normalized spacial score (nSPS) is 13.1. The molecule has 0 heterocycles. The number of nitrogens with two attached hydrogens (primary N) is 1. The number of aromatic hydroxyl groups is 1. The van der Waals surface area contributed by atoms with Crippen LogP contribution in [-0.2, 0) is 40.5 Å². The predicted octanol–water partition coefficient (Wildman–Crippen LogP) is 4.26. The van der Waals surface area contributed by atoms with E-state index in [-0.39, 0.29) is 33.5 Å². The van der Waals surface area contributed by atoms with E-state index >= 15 is 0 Å². The number of rotatable bonds is 9. The Morgan fingerprint density at radius 3 is 1.77 bits per heavy atom. The van der Waals surface area contributed by atoms with Crippen molar-refractivity contribution >= 4 is 79.7 Å². The molecule has 0 aromatic heterocycles. The molecule has 0 bridgehead atoms. The summed E-state index contributed by atoms with van der Waals surface area (Å²) in [6.07, 6.45) is 0. The third-order valence-corrected chi connectivity index (χ3v) is 9.71. The smallest absolute Gasteiger partial charge is 0.296 e. The lowest BCUT2D eigenvalue weighted by molar-refractivity contribution is 0.416. The molecule has 0 fully saturated rings. The van der Waals surface area contributed by atoms with Gasteiger partial charge in [0.25, 0.3) is 40.5 Å². The highest BCUT2D eigenvalue weighted by Crippen LogP contribution is 2.45. The van der Waals surface area contributed by atoms with Gasteiger partial charge in [-0.25, -0.2) is 0 Å². The van der Waals surface area contributed by atoms with Crippen LogP contribution in [-0.4, -0.2) is 64.1 Å². The molecule has 0 saturated heterocycles. The number of azo groups is 2. The highest BCUT2D eigenvalue weighted by molar-refractivity contribution is 7.86. The van der Waals surface area contributed by atoms with Gasteiger partial charge in [0, 0.05) is 17.1 Å². The second kappa shape index (κ2) is 12.2. The minimum absolute atomic E-state index is 0.0195. The molecule has 0 unspecified atom stereocenters. The second-order valence-corrected chi connectivity index (χ2v) is 15.0. The van der Waals surface area contributed by atoms with Gasteiger partial charge in [-0.05, 0) is 60.3 Å². The summed E-state index contributed by atoms with van der Waals surface area (Å²) < 4.78 is 137. The zero-order valence-electron chi connectivity index (χ0n) is 23.5. The quantitative estimate of drug-likeness (QED) is 0.0795. The van der Waals surface area contributed by atoms with E-state index in [2.05, 4.69) is 20.5 Å². The first-order valence-electron chi connectivity index (χ1n) is 12.2. The summed E-state index contributed by atoms with van der Waals surface area (Å²) >= 11 is 0. The summed E-state index contributed by atoms with van der Waals surface area (Å²) in [5, 5.41) is 25.5. The molecular weight excluding hydrogens is 711 g/mol. The Bertz CT molecular complexity index is 2480. The molecule has 250 valence electrons. The van der Waals surface area contributed by atoms with Crippen LogP contribution in [0.2, 0.25) is 0 Å². The number of hydrogen-bond acceptors (Lipinski definition) is 15. The number of ether oxygens (including phenoxy) is 1. The Labute approximate surface area is 266 Å². The average molecular weight is 732 g/mol. The molecule has 19 nitrogen and oxygen atoms in total. The zero-order chi connectivity index (χ0) is 35.3. The van der Waals surface area contributed by atoms with Crippen molar-refractivity contribution in [3.05, 3.63) is 54.1 Å². The van der Waals surface area contributed by atoms with Crippen molar-refractivity contribution in [2.45, 2.75) is 26.5 Å². The molecule has 4 aromatic rings. The Morgan fingerprint density at radius 2 is 1.21 bits per heavy atom. The lowest BCUT2D eigenvalue weighted by Gasteiger charge is -2.12. The number of anilines is 1. The van der Waals surface area contributed by atoms with Crippen LogP contribution in [0.15, 0.2) is 88.6 Å². The van der Waals surface area contributed by atoms with Gasteiger partial charge in [0.05, 0.1) is 22.6 Å². The SMILES string of the molecule is COc1cc(/N=N/c2cc(S(=O)(=O)O)ccc2S(=O)(=O)O)c(C)cc1/N=N/c1c(S(=O)(=O)O)cc2cc(S(=O)(=O)O)cc(N)c2c1O. The third kappa shape index (κ3) is 7.52. The third-order valence-electron chi connectivity index (χ3n) is 6.26. The van der Waals surface area contributed by atoms with Crippen LogP contribution in [0, 0.1) is 6.92 Å². The molecule has 4 rings (SSSR count). The largest absolute Gasteiger partial charge is 0.505 e. The lowest BCUT2D eigenvalue weighted by atomic mass is 10.1. The van der Waals surface area contributed by atoms with Gasteiger partial charge in [-0.2, -0.15) is 38.8 Å². The van der Waals surface area contributed by atoms with Gasteiger partial charge in [-0.15, -0.1) is 15.3 Å². The molecule has 23 heteroatoms. The molecule has 47 heavy (non-hydrogen) atoms. The molecular formula is C24H21N5O14S4. The van der Waals surface area contributed by atoms with Crippen LogP contribution >= 0.6 is 0 Å². The maximum atomic E-state index is 12.2. The van der Waals surface area contributed by atoms with Gasteiger partial charge in [-0.3, -0.25) is 18.2 Å². The maximum Gasteiger partial charge on any atom is 0.296 e. The number of fused-ring (bicyclic) bond motifs is 1. The molecule has 0 atom stereocenters. The highest BCUT2D eigenvalue weighted by Gasteiger charge is 2.25. The summed E-state index contributed by atoms with van der Waals surface area (Å²) in [6, 6.07) is 6.87. The molecule has 0 aliphatic carbocycles. The number of methoxy groups -OCH3 is 1. The van der Waals surface area contributed by atoms with E-state index in [1.54, 1.807) is 0 Å². The summed E-state index contributed by atoms with van der Waals surface area (Å²) in [6.45, 7) is 1.45. The fourth-order valence-electron chi connectivity index (χ4n) is 4.11. The van der Waals surface area contributed by atoms with E-state index in [4.69, 9.17) is 10.5 Å². The van der Waals surface area contributed by atoms with Crippen LogP contribution in [0.4, 0.5) is 28.4 Å². The Kier molecular flexibility index (Phi) is 9.14. The van der Waals surface area contributed by atoms with E-state index in [0.717, 1.165) is 24.3 Å². The average Bonchev–Trinajstić information content (AvgIpc) is 2.93. The standard InChI is InChI=1S/C24H21N5O14S4/c1-11-5-17(19(43-2)10-16(11)26-28-18-9-13(44(31,32)33)3-4-20(18)46(37,38)39)27-29-23-21(47(40,41)42)7-12-6-14(45(34,35)36)8-15(25)22(12)24(23)30/h3-10,30H,25H2,1-2H3,(H,31,32,33)(H,34,35,36)(H,37,38,39)(H,40,41,42)/b28-26+,29-27+. The van der Waals surface area contributed by atoms with Crippen molar-refractivity contribution in [1.82, 2.24) is 0 Å². The van der Waals surface area contributed by atoms with E-state index in [9.17, 15) is 57.0 Å². The van der Waals surface area contributed by atoms with Crippen LogP contribution in [0.1, 0.15) is 5.56 Å². The van der Waals surface area contributed by atoms with Crippen molar-refractivity contribution in [1.29, 1.82) is 0 Å². The topological polar surface area (TPSA) is 322 Å². The molecule has 0 amide bonds. The van der Waals surface area contributed by atoms with Crippen molar-refractivity contribution in [3.63, 3.8) is 0 Å². The Hall–Kier alpha value is -4.62. The number of aryl methyl sites for hydroxylation is 1. The minimum Gasteiger partial charge on any atom is -0.505 e. The highest BCUT2D eigenvalue weighted by atomic mass is 32.2. The minimum atomic E-state index is -5.14. The molecule has 0 aliphatic rings. The van der Waals surface area contributed by atoms with Crippen LogP contribution in [0.25, 0.3) is 10.8 Å². The fourth-order valence-corrected chi connectivity index (χ4v) is 6.42. The first-order valence-corrected chi connectivity index (χ1v) is 17.9. The zero-order valence-corrected chi connectivity index (χ0v) is 26.8. The van der Waals surface area contributed by atoms with Gasteiger partial charge < -0.3 is 15.6 Å². The second-order valence-electron chi connectivity index (χ2n) is 9.42. The maximum absolute atomic E-state index is 12.2. The summed E-state index contributed by atoms with van der Waals surface area (Å²) in [5.41, 5.74) is 4.08. The molecule has 0 saturated carbocycles. The van der Waals surface area contributed by atoms with Crippen LogP contribution in [0.5, 0.6) is 11.5 Å². The number of hydrogen-bond donors (Lipinski definition) is 6. The van der Waals surface area contributed by atoms with Crippen molar-refractivity contribution < 1.29 is 61.7 Å². The van der Waals surface area contributed by atoms with E-state index in [1.807, 2.05) is 0 Å². The van der Waals surface area contributed by atoms with E-state index < -0.39 is 82.9 Å². The van der Waals surface area contributed by atoms with Gasteiger partial charge in [-0.1, -0.05) is 0 Å². The monoisotopic (exact) mass is 731 g/mol. The van der Waals surface area contributed by atoms with Crippen molar-refractivity contribution in [2.75, 3.05) is 12.8 Å². The molecule has 7 N–H and O–H groups in total. The van der Waals surface area contributed by atoms with Gasteiger partial charge >= 0.3 is 0 Å². The van der Waals surface area contributed by atoms with Crippen molar-refractivity contribution in [2.24, 2.45) is 20.5 Å². The van der Waals surface area contributed by atoms with Gasteiger partial charge in [0.15, 0.2) is 5.75 Å². The fraction of sp³-hybridized carbons (Fsp3) is 0.0833. The molecule has 0 spiro atoms. The number of phenols is 1. The summed E-state index contributed by atoms with van der Waals surface area (Å²) in [7, 11) is -18.5. The lowest BCUT2D eigenvalue weighted by Crippen LogP contribution is -2.02. The Morgan fingerprint density at radius 1 is 0.638 bits per heavy atom. The molecule has 4 aromatic carbocycles. The summed E-state index contributed by atoms with van der Waals surface area (Å²) in [5.74, 6) is -1.04. The van der Waals surface area contributed by atoms with Gasteiger partial charge in [0.2, 0.25) is 0 Å². The first-order chi connectivity index (χ1) is 21.5. The first kappa shape index (κ1) is 35.2. The number of nitrogens with zero attached hydrogens (tertiary/aromatic N) is 4. The van der Waals surface area contributed by atoms with Crippen LogP contribution in [0.3, 0.4) is 0 Å². The van der Waals surface area contributed by atoms with E-state index in [0.29, 0.717) is 12.1 Å². The number of nitrogen functional groups attached to an aromatic ring is 1. The molecule has 0 radical (unpaired) electrons.